The molecule has 8 aromatic carbocycles. The summed E-state index contributed by atoms with van der Waals surface area (Å²) in [5.74, 6) is 1.04. The topological polar surface area (TPSA) is 43.6 Å². The number of rotatable bonds is 6. The van der Waals surface area contributed by atoms with Crippen molar-refractivity contribution < 1.29 is 11.0 Å². The Kier molecular flexibility index (Phi) is 5.92. The lowest BCUT2D eigenvalue weighted by Gasteiger charge is -2.16. The van der Waals surface area contributed by atoms with Gasteiger partial charge in [0, 0.05) is 47.6 Å². The number of fused-ring (bicyclic) bond motifs is 6. The molecule has 0 fully saturated rings. The smallest absolute Gasteiger partial charge is 0.166 e. The zero-order valence-electron chi connectivity index (χ0n) is 37.6. The van der Waals surface area contributed by atoms with Crippen LogP contribution in [0.5, 0.6) is 0 Å². The molecular weight excluding hydrogens is 701 g/mol. The van der Waals surface area contributed by atoms with E-state index in [1.54, 1.807) is 11.3 Å². The van der Waals surface area contributed by atoms with Crippen molar-refractivity contribution in [1.82, 2.24) is 19.5 Å². The molecule has 0 unspecified atom stereocenters. The second kappa shape index (κ2) is 13.3. The van der Waals surface area contributed by atoms with E-state index in [2.05, 4.69) is 42.5 Å². The first-order chi connectivity index (χ1) is 31.1. The zero-order valence-corrected chi connectivity index (χ0v) is 30.4. The maximum absolute atomic E-state index is 9.29. The Bertz CT molecular complexity index is 3570. The zero-order chi connectivity index (χ0) is 44.0. The molecule has 0 N–H and O–H groups in total. The van der Waals surface area contributed by atoms with Gasteiger partial charge in [0.1, 0.15) is 0 Å². The van der Waals surface area contributed by atoms with E-state index in [-0.39, 0.29) is 27.6 Å². The first-order valence-electron chi connectivity index (χ1n) is 22.1. The highest BCUT2D eigenvalue weighted by molar-refractivity contribution is 7.26. The quantitative estimate of drug-likeness (QED) is 0.170. The second-order valence-corrected chi connectivity index (χ2v) is 14.5. The Hall–Kier alpha value is -7.21. The second-order valence-electron chi connectivity index (χ2n) is 13.4. The van der Waals surface area contributed by atoms with E-state index in [1.807, 2.05) is 103 Å². The fraction of sp³-hybridized carbons (Fsp3) is 0. The molecule has 0 spiro atoms. The van der Waals surface area contributed by atoms with E-state index in [9.17, 15) is 2.74 Å². The maximum Gasteiger partial charge on any atom is 0.166 e. The van der Waals surface area contributed by atoms with Crippen molar-refractivity contribution in [2.24, 2.45) is 0 Å². The number of hydrogen-bond acceptors (Lipinski definition) is 4. The Balaban J connectivity index is 1.26. The predicted octanol–water partition coefficient (Wildman–Crippen LogP) is 13.7. The summed E-state index contributed by atoms with van der Waals surface area (Å²) < 4.78 is 75.3. The highest BCUT2D eigenvalue weighted by Crippen LogP contribution is 2.44. The van der Waals surface area contributed by atoms with E-state index in [0.717, 1.165) is 53.6 Å². The summed E-state index contributed by atoms with van der Waals surface area (Å²) >= 11 is 1.71. The van der Waals surface area contributed by atoms with Gasteiger partial charge in [-0.25, -0.2) is 15.0 Å². The van der Waals surface area contributed by atoms with Gasteiger partial charge in [0.25, 0.3) is 0 Å². The molecule has 11 aromatic rings. The van der Waals surface area contributed by atoms with E-state index >= 15 is 0 Å². The minimum Gasteiger partial charge on any atom is -0.309 e. The lowest BCUT2D eigenvalue weighted by molar-refractivity contribution is 1.06. The first-order valence-corrected chi connectivity index (χ1v) is 18.9. The van der Waals surface area contributed by atoms with E-state index in [4.69, 9.17) is 23.2 Å². The highest BCUT2D eigenvalue weighted by Gasteiger charge is 2.21. The van der Waals surface area contributed by atoms with Gasteiger partial charge >= 0.3 is 0 Å². The molecule has 0 amide bonds. The van der Waals surface area contributed by atoms with Gasteiger partial charge in [-0.1, -0.05) is 158 Å². The summed E-state index contributed by atoms with van der Waals surface area (Å²) in [6.07, 6.45) is 0. The van der Waals surface area contributed by atoms with Crippen LogP contribution in [0.15, 0.2) is 194 Å². The lowest BCUT2D eigenvalue weighted by atomic mass is 9.96. The van der Waals surface area contributed by atoms with Gasteiger partial charge in [0.15, 0.2) is 17.5 Å². The third kappa shape index (κ3) is 5.40. The Morgan fingerprint density at radius 1 is 0.411 bits per heavy atom. The molecule has 4 nitrogen and oxygen atoms in total. The van der Waals surface area contributed by atoms with Crippen LogP contribution in [0, 0.1) is 0 Å². The van der Waals surface area contributed by atoms with Crippen molar-refractivity contribution in [3.63, 3.8) is 0 Å². The van der Waals surface area contributed by atoms with Crippen LogP contribution < -0.4 is 0 Å². The van der Waals surface area contributed by atoms with Gasteiger partial charge in [-0.15, -0.1) is 11.3 Å². The molecule has 3 heterocycles. The minimum atomic E-state index is -0.510. The minimum absolute atomic E-state index is 0.00257. The van der Waals surface area contributed by atoms with Crippen molar-refractivity contribution in [1.29, 1.82) is 0 Å². The molecule has 0 aliphatic heterocycles. The Morgan fingerprint density at radius 3 is 1.62 bits per heavy atom. The third-order valence-electron chi connectivity index (χ3n) is 10.1. The van der Waals surface area contributed by atoms with E-state index < -0.39 is 48.3 Å². The van der Waals surface area contributed by atoms with Crippen LogP contribution in [0.1, 0.15) is 11.0 Å². The summed E-state index contributed by atoms with van der Waals surface area (Å²) in [5, 5.41) is 2.12. The average molecular weight is 741 g/mol. The standard InChI is InChI=1S/C51H32N4S/c1-4-15-33(16-5-1)36-27-29-41-47(32-36)56-46-26-14-23-38(48(41)46)37-28-30-45(55-43-24-12-10-21-39(43)40-22-11-13-25-44(40)55)42(31-37)51-53-49(34-17-6-2-7-18-34)52-50(54-51)35-19-8-3-9-20-35/h1-32H/i10D,11D,12D,13D,21D,22D,24D,25D. The molecule has 3 aromatic heterocycles. The first kappa shape index (κ1) is 25.0. The number of benzene rings is 8. The van der Waals surface area contributed by atoms with Gasteiger partial charge in [0.2, 0.25) is 0 Å². The van der Waals surface area contributed by atoms with Crippen molar-refractivity contribution in [3.8, 4) is 62.1 Å². The fourth-order valence-corrected chi connectivity index (χ4v) is 8.72. The number of para-hydroxylation sites is 2. The average Bonchev–Trinajstić information content (AvgIpc) is 3.91. The Morgan fingerprint density at radius 2 is 0.982 bits per heavy atom. The lowest BCUT2D eigenvalue weighted by Crippen LogP contribution is -2.04. The fourth-order valence-electron chi connectivity index (χ4n) is 7.54. The molecular formula is C51H32N4S. The van der Waals surface area contributed by atoms with Crippen LogP contribution in [-0.2, 0) is 0 Å². The molecule has 11 rings (SSSR count). The Labute approximate surface area is 338 Å². The number of thiophene rings is 1. The van der Waals surface area contributed by atoms with Crippen molar-refractivity contribution in [2.75, 3.05) is 0 Å². The van der Waals surface area contributed by atoms with Crippen molar-refractivity contribution in [3.05, 3.63) is 194 Å². The van der Waals surface area contributed by atoms with Gasteiger partial charge in [-0.05, 0) is 58.6 Å². The summed E-state index contributed by atoms with van der Waals surface area (Å²) in [5.41, 5.74) is 6.27. The van der Waals surface area contributed by atoms with Gasteiger partial charge < -0.3 is 4.57 Å². The molecule has 0 radical (unpaired) electrons. The summed E-state index contributed by atoms with van der Waals surface area (Å²) in [4.78, 5) is 15.2. The van der Waals surface area contributed by atoms with Crippen LogP contribution in [0.2, 0.25) is 0 Å². The largest absolute Gasteiger partial charge is 0.309 e. The third-order valence-corrected chi connectivity index (χ3v) is 11.2. The molecule has 5 heteroatoms. The molecule has 0 saturated heterocycles. The van der Waals surface area contributed by atoms with Crippen LogP contribution in [0.25, 0.3) is 104 Å². The normalized spacial score (nSPS) is 13.6. The number of hydrogen-bond donors (Lipinski definition) is 0. The number of aromatic nitrogens is 4. The summed E-state index contributed by atoms with van der Waals surface area (Å²) in [6.45, 7) is 0. The SMILES string of the molecule is [2H]c1c([2H])c([2H])c2c(c1[2H])c1c([2H])c([2H])c([2H])c([2H])c1n2-c1ccc(-c2cccc3sc4cc(-c5ccccc5)ccc4c23)cc1-c1nc(-c2ccccc2)nc(-c2ccccc2)n1. The van der Waals surface area contributed by atoms with Crippen LogP contribution in [-0.4, -0.2) is 19.5 Å². The van der Waals surface area contributed by atoms with Crippen LogP contribution in [0.4, 0.5) is 0 Å². The summed E-state index contributed by atoms with van der Waals surface area (Å²) in [7, 11) is 0. The molecule has 0 bridgehead atoms. The summed E-state index contributed by atoms with van der Waals surface area (Å²) in [6, 6.07) is 44.2. The molecule has 0 saturated carbocycles. The van der Waals surface area contributed by atoms with Gasteiger partial charge in [0.05, 0.1) is 27.7 Å². The molecule has 0 atom stereocenters. The van der Waals surface area contributed by atoms with E-state index in [1.165, 1.54) is 4.57 Å². The maximum atomic E-state index is 9.29. The molecule has 56 heavy (non-hydrogen) atoms. The van der Waals surface area contributed by atoms with Gasteiger partial charge in [-0.3, -0.25) is 0 Å². The van der Waals surface area contributed by atoms with E-state index in [0.29, 0.717) is 22.9 Å². The van der Waals surface area contributed by atoms with Crippen LogP contribution in [0.3, 0.4) is 0 Å². The predicted molar refractivity (Wildman–Crippen MR) is 234 cm³/mol. The van der Waals surface area contributed by atoms with Gasteiger partial charge in [-0.2, -0.15) is 0 Å². The highest BCUT2D eigenvalue weighted by atomic mass is 32.1. The molecule has 0 aliphatic carbocycles. The molecule has 262 valence electrons. The number of nitrogens with zero attached hydrogens (tertiary/aromatic N) is 4. The monoisotopic (exact) mass is 740 g/mol. The van der Waals surface area contributed by atoms with Crippen LogP contribution >= 0.6 is 11.3 Å². The van der Waals surface area contributed by atoms with Crippen molar-refractivity contribution >= 4 is 53.3 Å². The van der Waals surface area contributed by atoms with Crippen molar-refractivity contribution in [2.45, 2.75) is 0 Å². The molecule has 0 aliphatic rings.